The Kier molecular flexibility index (Phi) is 7.52. The summed E-state index contributed by atoms with van der Waals surface area (Å²) < 4.78 is 10.6. The number of anilines is 1. The molecule has 0 aromatic heterocycles. The Labute approximate surface area is 191 Å². The third-order valence-electron chi connectivity index (χ3n) is 7.09. The summed E-state index contributed by atoms with van der Waals surface area (Å²) in [6.45, 7) is 8.08. The van der Waals surface area contributed by atoms with Gasteiger partial charge in [-0.15, -0.1) is 0 Å². The average Bonchev–Trinajstić information content (AvgIpc) is 3.39. The fourth-order valence-electron chi connectivity index (χ4n) is 4.98. The minimum Gasteiger partial charge on any atom is -0.450 e. The first-order chi connectivity index (χ1) is 15.6. The number of hydrogen-bond acceptors (Lipinski definition) is 6. The molecule has 3 aliphatic rings. The van der Waals surface area contributed by atoms with Crippen molar-refractivity contribution in [2.24, 2.45) is 0 Å². The highest BCUT2D eigenvalue weighted by Crippen LogP contribution is 2.25. The molecule has 0 aliphatic carbocycles. The number of benzene rings is 1. The summed E-state index contributed by atoms with van der Waals surface area (Å²) in [5, 5.41) is 0. The Morgan fingerprint density at radius 1 is 0.969 bits per heavy atom. The second-order valence-electron chi connectivity index (χ2n) is 8.93. The van der Waals surface area contributed by atoms with E-state index in [1.54, 1.807) is 11.8 Å². The maximum Gasteiger partial charge on any atom is 0.409 e. The van der Waals surface area contributed by atoms with Crippen LogP contribution < -0.4 is 4.90 Å². The first-order valence-corrected chi connectivity index (χ1v) is 11.9. The summed E-state index contributed by atoms with van der Waals surface area (Å²) in [7, 11) is 2.24. The summed E-state index contributed by atoms with van der Waals surface area (Å²) in [5.41, 5.74) is 1.88. The normalized spacial score (nSPS) is 22.5. The number of ether oxygens (including phenoxy) is 2. The van der Waals surface area contributed by atoms with Crippen molar-refractivity contribution in [2.45, 2.75) is 38.3 Å². The Balaban J connectivity index is 1.26. The fourth-order valence-corrected chi connectivity index (χ4v) is 4.98. The van der Waals surface area contributed by atoms with Crippen LogP contribution in [-0.4, -0.2) is 105 Å². The zero-order chi connectivity index (χ0) is 22.5. The third-order valence-corrected chi connectivity index (χ3v) is 7.09. The second kappa shape index (κ2) is 10.5. The van der Waals surface area contributed by atoms with Crippen LogP contribution in [0.1, 0.15) is 36.5 Å². The van der Waals surface area contributed by atoms with Crippen LogP contribution in [0.15, 0.2) is 24.3 Å². The molecular formula is C24H36N4O4. The zero-order valence-electron chi connectivity index (χ0n) is 19.4. The lowest BCUT2D eigenvalue weighted by Gasteiger charge is -2.40. The minimum atomic E-state index is -0.296. The van der Waals surface area contributed by atoms with Crippen molar-refractivity contribution in [3.63, 3.8) is 0 Å². The van der Waals surface area contributed by atoms with Crippen LogP contribution in [0.3, 0.4) is 0 Å². The number of piperazine rings is 1. The highest BCUT2D eigenvalue weighted by atomic mass is 16.6. The number of amides is 2. The molecular weight excluding hydrogens is 408 g/mol. The molecule has 176 valence electrons. The molecule has 3 saturated heterocycles. The van der Waals surface area contributed by atoms with Gasteiger partial charge in [0.05, 0.1) is 13.2 Å². The summed E-state index contributed by atoms with van der Waals surface area (Å²) in [6.07, 6.45) is 3.15. The van der Waals surface area contributed by atoms with Crippen LogP contribution in [0.2, 0.25) is 0 Å². The summed E-state index contributed by atoms with van der Waals surface area (Å²) in [6, 6.07) is 9.18. The molecule has 8 nitrogen and oxygen atoms in total. The summed E-state index contributed by atoms with van der Waals surface area (Å²) in [4.78, 5) is 33.2. The second-order valence-corrected chi connectivity index (χ2v) is 8.93. The summed E-state index contributed by atoms with van der Waals surface area (Å²) >= 11 is 0. The molecule has 3 aliphatic heterocycles. The maximum atomic E-state index is 12.9. The van der Waals surface area contributed by atoms with Gasteiger partial charge in [-0.05, 0) is 57.5 Å². The standard InChI is InChI=1S/C24H36N4O4/c1-3-32-24(30)28-15-13-27(14-16-28)23(29)19-4-6-21(7-5-19)26-11-8-20(9-12-26)25(2)22-10-17-31-18-22/h4-7,20,22H,3,8-18H2,1-2H3/t22-/m0/s1. The van der Waals surface area contributed by atoms with Crippen LogP contribution in [0.4, 0.5) is 10.5 Å². The predicted octanol–water partition coefficient (Wildman–Crippen LogP) is 2.29. The van der Waals surface area contributed by atoms with Gasteiger partial charge < -0.3 is 24.2 Å². The van der Waals surface area contributed by atoms with Gasteiger partial charge in [-0.1, -0.05) is 0 Å². The van der Waals surface area contributed by atoms with Gasteiger partial charge in [0.1, 0.15) is 0 Å². The van der Waals surface area contributed by atoms with Crippen molar-refractivity contribution in [1.82, 2.24) is 14.7 Å². The molecule has 1 aromatic rings. The van der Waals surface area contributed by atoms with Gasteiger partial charge in [0, 0.05) is 69.2 Å². The van der Waals surface area contributed by atoms with Crippen molar-refractivity contribution in [3.05, 3.63) is 29.8 Å². The van der Waals surface area contributed by atoms with E-state index in [9.17, 15) is 9.59 Å². The molecule has 0 unspecified atom stereocenters. The van der Waals surface area contributed by atoms with Gasteiger partial charge in [0.2, 0.25) is 0 Å². The highest BCUT2D eigenvalue weighted by Gasteiger charge is 2.29. The number of piperidine rings is 1. The molecule has 0 spiro atoms. The van der Waals surface area contributed by atoms with E-state index in [-0.39, 0.29) is 12.0 Å². The molecule has 0 radical (unpaired) electrons. The Bertz CT molecular complexity index is 765. The van der Waals surface area contributed by atoms with Gasteiger partial charge >= 0.3 is 6.09 Å². The lowest BCUT2D eigenvalue weighted by Crippen LogP contribution is -2.50. The molecule has 1 atom stereocenters. The Morgan fingerprint density at radius 3 is 2.22 bits per heavy atom. The maximum absolute atomic E-state index is 12.9. The van der Waals surface area contributed by atoms with Crippen LogP contribution in [0, 0.1) is 0 Å². The number of hydrogen-bond donors (Lipinski definition) is 0. The SMILES string of the molecule is CCOC(=O)N1CCN(C(=O)c2ccc(N3CCC(N(C)[C@H]4CCOC4)CC3)cc2)CC1. The van der Waals surface area contributed by atoms with E-state index >= 15 is 0 Å². The summed E-state index contributed by atoms with van der Waals surface area (Å²) in [5.74, 6) is 0.0270. The van der Waals surface area contributed by atoms with Crippen LogP contribution in [-0.2, 0) is 9.47 Å². The molecule has 0 bridgehead atoms. The van der Waals surface area contributed by atoms with Gasteiger partial charge in [0.15, 0.2) is 0 Å². The fraction of sp³-hybridized carbons (Fsp3) is 0.667. The molecule has 0 N–H and O–H groups in total. The third kappa shape index (κ3) is 5.18. The van der Waals surface area contributed by atoms with E-state index in [1.165, 1.54) is 5.69 Å². The van der Waals surface area contributed by atoms with Crippen LogP contribution >= 0.6 is 0 Å². The van der Waals surface area contributed by atoms with Gasteiger partial charge in [0.25, 0.3) is 5.91 Å². The topological polar surface area (TPSA) is 65.6 Å². The first-order valence-electron chi connectivity index (χ1n) is 11.9. The minimum absolute atomic E-state index is 0.0270. The molecule has 8 heteroatoms. The van der Waals surface area contributed by atoms with Crippen molar-refractivity contribution in [3.8, 4) is 0 Å². The lowest BCUT2D eigenvalue weighted by atomic mass is 10.0. The molecule has 0 saturated carbocycles. The number of carbonyl (C=O) groups is 2. The highest BCUT2D eigenvalue weighted by molar-refractivity contribution is 5.94. The Morgan fingerprint density at radius 2 is 1.62 bits per heavy atom. The zero-order valence-corrected chi connectivity index (χ0v) is 19.4. The van der Waals surface area contributed by atoms with E-state index < -0.39 is 0 Å². The lowest BCUT2D eigenvalue weighted by molar-refractivity contribution is 0.0570. The molecule has 2 amide bonds. The van der Waals surface area contributed by atoms with E-state index in [0.29, 0.717) is 50.4 Å². The number of likely N-dealkylation sites (N-methyl/N-ethyl adjacent to an activating group) is 1. The van der Waals surface area contributed by atoms with Gasteiger partial charge in [-0.2, -0.15) is 0 Å². The van der Waals surface area contributed by atoms with Gasteiger partial charge in [-0.3, -0.25) is 9.69 Å². The molecule has 3 fully saturated rings. The smallest absolute Gasteiger partial charge is 0.409 e. The quantitative estimate of drug-likeness (QED) is 0.694. The van der Waals surface area contributed by atoms with E-state index in [0.717, 1.165) is 45.6 Å². The van der Waals surface area contributed by atoms with Crippen molar-refractivity contribution >= 4 is 17.7 Å². The predicted molar refractivity (Wildman–Crippen MR) is 123 cm³/mol. The van der Waals surface area contributed by atoms with E-state index in [4.69, 9.17) is 9.47 Å². The molecule has 3 heterocycles. The molecule has 32 heavy (non-hydrogen) atoms. The molecule has 4 rings (SSSR count). The van der Waals surface area contributed by atoms with Crippen molar-refractivity contribution in [2.75, 3.05) is 71.0 Å². The number of rotatable bonds is 5. The molecule has 1 aromatic carbocycles. The largest absolute Gasteiger partial charge is 0.450 e. The first kappa shape index (κ1) is 22.9. The number of nitrogens with zero attached hydrogens (tertiary/aromatic N) is 4. The van der Waals surface area contributed by atoms with Crippen LogP contribution in [0.5, 0.6) is 0 Å². The number of carbonyl (C=O) groups excluding carboxylic acids is 2. The van der Waals surface area contributed by atoms with Crippen molar-refractivity contribution in [1.29, 1.82) is 0 Å². The van der Waals surface area contributed by atoms with Crippen molar-refractivity contribution < 1.29 is 19.1 Å². The van der Waals surface area contributed by atoms with Crippen LogP contribution in [0.25, 0.3) is 0 Å². The monoisotopic (exact) mass is 444 g/mol. The van der Waals surface area contributed by atoms with E-state index in [1.807, 2.05) is 17.0 Å². The average molecular weight is 445 g/mol. The Hall–Kier alpha value is -2.32. The van der Waals surface area contributed by atoms with Gasteiger partial charge in [-0.25, -0.2) is 4.79 Å². The van der Waals surface area contributed by atoms with E-state index in [2.05, 4.69) is 29.0 Å².